The van der Waals surface area contributed by atoms with Gasteiger partial charge in [0.15, 0.2) is 9.84 Å². The van der Waals surface area contributed by atoms with E-state index in [1.54, 1.807) is 13.0 Å². The third-order valence-electron chi connectivity index (χ3n) is 5.70. The highest BCUT2D eigenvalue weighted by Crippen LogP contribution is 2.40. The van der Waals surface area contributed by atoms with E-state index in [9.17, 15) is 18.0 Å². The lowest BCUT2D eigenvalue weighted by atomic mass is 9.72. The maximum atomic E-state index is 12.6. The first kappa shape index (κ1) is 22.5. The van der Waals surface area contributed by atoms with E-state index in [-0.39, 0.29) is 21.8 Å². The molecule has 2 amide bonds. The Balaban J connectivity index is 1.69. The molecule has 1 heterocycles. The zero-order chi connectivity index (χ0) is 22.3. The molecule has 8 heteroatoms. The summed E-state index contributed by atoms with van der Waals surface area (Å²) in [5.41, 5.74) is 7.14. The number of thiophene rings is 1. The first-order valence-corrected chi connectivity index (χ1v) is 12.6. The van der Waals surface area contributed by atoms with E-state index in [2.05, 4.69) is 31.6 Å². The van der Waals surface area contributed by atoms with Crippen molar-refractivity contribution in [3.05, 3.63) is 50.7 Å². The van der Waals surface area contributed by atoms with Crippen molar-refractivity contribution >= 4 is 33.0 Å². The van der Waals surface area contributed by atoms with Gasteiger partial charge in [0.25, 0.3) is 11.8 Å². The molecule has 0 aliphatic heterocycles. The van der Waals surface area contributed by atoms with Gasteiger partial charge in [0.05, 0.1) is 9.77 Å². The number of carbonyl (C=O) groups excluding carboxylic acids is 2. The summed E-state index contributed by atoms with van der Waals surface area (Å²) < 4.78 is 23.5. The van der Waals surface area contributed by atoms with Gasteiger partial charge in [-0.15, -0.1) is 11.3 Å². The van der Waals surface area contributed by atoms with E-state index < -0.39 is 15.7 Å². The summed E-state index contributed by atoms with van der Waals surface area (Å²) in [6.45, 7) is 8.46. The third kappa shape index (κ3) is 4.92. The Morgan fingerprint density at radius 2 is 1.77 bits per heavy atom. The van der Waals surface area contributed by atoms with Gasteiger partial charge >= 0.3 is 0 Å². The van der Waals surface area contributed by atoms with Crippen molar-refractivity contribution < 1.29 is 18.0 Å². The highest BCUT2D eigenvalue weighted by Gasteiger charge is 2.30. The molecule has 1 aliphatic carbocycles. The Bertz CT molecular complexity index is 1090. The number of fused-ring (bicyclic) bond motifs is 1. The number of hydrazine groups is 1. The normalized spacial score (nSPS) is 16.6. The molecule has 1 aromatic heterocycles. The van der Waals surface area contributed by atoms with Crippen LogP contribution in [0.1, 0.15) is 63.2 Å². The van der Waals surface area contributed by atoms with Crippen LogP contribution < -0.4 is 10.9 Å². The van der Waals surface area contributed by atoms with E-state index in [4.69, 9.17) is 0 Å². The molecule has 0 radical (unpaired) electrons. The second kappa shape index (κ2) is 8.15. The molecule has 0 bridgehead atoms. The second-order valence-corrected chi connectivity index (χ2v) is 12.2. The Kier molecular flexibility index (Phi) is 6.11. The molecule has 6 nitrogen and oxygen atoms in total. The molecule has 3 rings (SSSR count). The molecular formula is C22H28N2O4S2. The number of aryl methyl sites for hydroxylation is 2. The molecule has 0 saturated carbocycles. The van der Waals surface area contributed by atoms with Gasteiger partial charge in [-0.05, 0) is 66.8 Å². The fourth-order valence-corrected chi connectivity index (χ4v) is 5.44. The Hall–Kier alpha value is -2.19. The fraction of sp³-hybridized carbons (Fsp3) is 0.455. The van der Waals surface area contributed by atoms with Crippen molar-refractivity contribution in [3.8, 4) is 0 Å². The van der Waals surface area contributed by atoms with Crippen LogP contribution in [-0.2, 0) is 22.7 Å². The molecule has 162 valence electrons. The van der Waals surface area contributed by atoms with Crippen LogP contribution in [0.5, 0.6) is 0 Å². The Morgan fingerprint density at radius 1 is 1.10 bits per heavy atom. The third-order valence-corrected chi connectivity index (χ3v) is 8.05. The van der Waals surface area contributed by atoms with Crippen LogP contribution in [0.15, 0.2) is 29.2 Å². The second-order valence-electron chi connectivity index (χ2n) is 9.02. The SMILES string of the molecule is Cc1ccc(S(C)(=O)=O)cc1C(=O)NNC(=O)c1cc2c(s1)CCC(C(C)(C)C)C2. The van der Waals surface area contributed by atoms with Crippen molar-refractivity contribution in [2.24, 2.45) is 11.3 Å². The van der Waals surface area contributed by atoms with E-state index in [1.807, 2.05) is 6.07 Å². The van der Waals surface area contributed by atoms with Crippen molar-refractivity contribution in [1.29, 1.82) is 0 Å². The molecule has 0 fully saturated rings. The topological polar surface area (TPSA) is 92.3 Å². The molecule has 1 unspecified atom stereocenters. The van der Waals surface area contributed by atoms with E-state index in [0.29, 0.717) is 16.4 Å². The quantitative estimate of drug-likeness (QED) is 0.701. The lowest BCUT2D eigenvalue weighted by molar-refractivity contribution is 0.0848. The highest BCUT2D eigenvalue weighted by atomic mass is 32.2. The van der Waals surface area contributed by atoms with Gasteiger partial charge in [-0.25, -0.2) is 8.42 Å². The summed E-state index contributed by atoms with van der Waals surface area (Å²) in [7, 11) is -3.43. The monoisotopic (exact) mass is 448 g/mol. The van der Waals surface area contributed by atoms with Gasteiger partial charge in [0.1, 0.15) is 0 Å². The molecule has 2 aromatic rings. The summed E-state index contributed by atoms with van der Waals surface area (Å²) in [6, 6.07) is 6.28. The first-order chi connectivity index (χ1) is 13.9. The molecule has 0 spiro atoms. The van der Waals surface area contributed by atoms with Gasteiger partial charge in [0, 0.05) is 16.7 Å². The van der Waals surface area contributed by atoms with Gasteiger partial charge in [0.2, 0.25) is 0 Å². The molecule has 1 aromatic carbocycles. The average molecular weight is 449 g/mol. The largest absolute Gasteiger partial charge is 0.279 e. The number of rotatable bonds is 3. The van der Waals surface area contributed by atoms with Crippen LogP contribution >= 0.6 is 11.3 Å². The van der Waals surface area contributed by atoms with Crippen molar-refractivity contribution in [3.63, 3.8) is 0 Å². The zero-order valence-corrected chi connectivity index (χ0v) is 19.6. The molecule has 2 N–H and O–H groups in total. The predicted molar refractivity (Wildman–Crippen MR) is 119 cm³/mol. The highest BCUT2D eigenvalue weighted by molar-refractivity contribution is 7.90. The number of hydrogen-bond acceptors (Lipinski definition) is 5. The van der Waals surface area contributed by atoms with Crippen molar-refractivity contribution in [2.45, 2.75) is 51.9 Å². The fourth-order valence-electron chi connectivity index (χ4n) is 3.69. The maximum Gasteiger partial charge on any atom is 0.279 e. The van der Waals surface area contributed by atoms with Crippen LogP contribution in [0, 0.1) is 18.3 Å². The standard InChI is InChI=1S/C22H28N2O4S2/c1-13-6-8-16(30(5,27)28)12-17(13)20(25)23-24-21(26)19-11-14-10-15(22(2,3)4)7-9-18(14)29-19/h6,8,11-12,15H,7,9-10H2,1-5H3,(H,23,25)(H,24,26). The molecule has 1 aliphatic rings. The van der Waals surface area contributed by atoms with Crippen LogP contribution in [0.25, 0.3) is 0 Å². The summed E-state index contributed by atoms with van der Waals surface area (Å²) in [4.78, 5) is 27.0. The van der Waals surface area contributed by atoms with E-state index >= 15 is 0 Å². The minimum Gasteiger partial charge on any atom is -0.267 e. The summed E-state index contributed by atoms with van der Waals surface area (Å²) in [5, 5.41) is 0. The number of carbonyl (C=O) groups is 2. The Morgan fingerprint density at radius 3 is 2.40 bits per heavy atom. The average Bonchev–Trinajstić information content (AvgIpc) is 3.08. The number of sulfone groups is 1. The van der Waals surface area contributed by atoms with Gasteiger partial charge in [-0.2, -0.15) is 0 Å². The number of hydrogen-bond donors (Lipinski definition) is 2. The number of nitrogens with one attached hydrogen (secondary N) is 2. The molecule has 0 saturated heterocycles. The summed E-state index contributed by atoms with van der Waals surface area (Å²) >= 11 is 1.47. The predicted octanol–water partition coefficient (Wildman–Crippen LogP) is 3.69. The van der Waals surface area contributed by atoms with Gasteiger partial charge in [-0.3, -0.25) is 20.4 Å². The first-order valence-electron chi connectivity index (χ1n) is 9.89. The van der Waals surface area contributed by atoms with E-state index in [1.165, 1.54) is 33.9 Å². The Labute approximate surface area is 182 Å². The molecule has 1 atom stereocenters. The van der Waals surface area contributed by atoms with Crippen molar-refractivity contribution in [1.82, 2.24) is 10.9 Å². The summed E-state index contributed by atoms with van der Waals surface area (Å²) in [6.07, 6.45) is 4.14. The van der Waals surface area contributed by atoms with Gasteiger partial charge < -0.3 is 0 Å². The van der Waals surface area contributed by atoms with Crippen molar-refractivity contribution in [2.75, 3.05) is 6.26 Å². The van der Waals surface area contributed by atoms with E-state index in [0.717, 1.165) is 25.5 Å². The van der Waals surface area contributed by atoms with Crippen LogP contribution in [0.4, 0.5) is 0 Å². The van der Waals surface area contributed by atoms with Gasteiger partial charge in [-0.1, -0.05) is 26.8 Å². The molecular weight excluding hydrogens is 420 g/mol. The lowest BCUT2D eigenvalue weighted by Gasteiger charge is -2.33. The summed E-state index contributed by atoms with van der Waals surface area (Å²) in [5.74, 6) is -0.340. The van der Waals surface area contributed by atoms with Crippen LogP contribution in [0.3, 0.4) is 0 Å². The minimum absolute atomic E-state index is 0.0592. The number of benzene rings is 1. The smallest absolute Gasteiger partial charge is 0.267 e. The van der Waals surface area contributed by atoms with Crippen LogP contribution in [0.2, 0.25) is 0 Å². The lowest BCUT2D eigenvalue weighted by Crippen LogP contribution is -2.41. The maximum absolute atomic E-state index is 12.6. The van der Waals surface area contributed by atoms with Crippen LogP contribution in [-0.4, -0.2) is 26.5 Å². The molecule has 30 heavy (non-hydrogen) atoms. The number of amides is 2. The zero-order valence-electron chi connectivity index (χ0n) is 18.0. The minimum atomic E-state index is -3.43.